The lowest BCUT2D eigenvalue weighted by molar-refractivity contribution is -0.139. The summed E-state index contributed by atoms with van der Waals surface area (Å²) in [5.41, 5.74) is 8.08. The van der Waals surface area contributed by atoms with Crippen molar-refractivity contribution in [2.24, 2.45) is 0 Å². The molecule has 3 aromatic rings. The van der Waals surface area contributed by atoms with Crippen molar-refractivity contribution >= 4 is 12.1 Å². The second kappa shape index (κ2) is 9.10. The number of carbonyl (C=O) groups is 2. The number of fused-ring (bicyclic) bond motifs is 4. The van der Waals surface area contributed by atoms with Crippen molar-refractivity contribution in [1.29, 1.82) is 0 Å². The molecule has 2 N–H and O–H groups in total. The fraction of sp³-hybridized carbons (Fsp3) is 0.286. The molecule has 2 aliphatic carbocycles. The molecule has 0 saturated heterocycles. The number of nitrogens with one attached hydrogen (secondary N) is 1. The predicted molar refractivity (Wildman–Crippen MR) is 126 cm³/mol. The highest BCUT2D eigenvalue weighted by Gasteiger charge is 2.30. The zero-order chi connectivity index (χ0) is 22.8. The molecular formula is C28H27NO4. The van der Waals surface area contributed by atoms with Crippen LogP contribution in [-0.2, 0) is 28.8 Å². The molecule has 1 amide bonds. The molecule has 0 aromatic heterocycles. The topological polar surface area (TPSA) is 75.6 Å². The summed E-state index contributed by atoms with van der Waals surface area (Å²) in [6.45, 7) is 0.160. The summed E-state index contributed by atoms with van der Waals surface area (Å²) in [6, 6.07) is 21.3. The Bertz CT molecular complexity index is 1160. The third-order valence-electron chi connectivity index (χ3n) is 6.85. The Kier molecular flexibility index (Phi) is 5.86. The Hall–Kier alpha value is -3.60. The number of rotatable bonds is 6. The quantitative estimate of drug-likeness (QED) is 0.558. The van der Waals surface area contributed by atoms with E-state index in [1.54, 1.807) is 0 Å². The van der Waals surface area contributed by atoms with Crippen LogP contribution in [0, 0.1) is 0 Å². The van der Waals surface area contributed by atoms with Gasteiger partial charge in [-0.05, 0) is 64.6 Å². The van der Waals surface area contributed by atoms with Gasteiger partial charge in [-0.15, -0.1) is 0 Å². The van der Waals surface area contributed by atoms with E-state index in [1.165, 1.54) is 11.1 Å². The molecular weight excluding hydrogens is 414 g/mol. The molecule has 168 valence electrons. The molecule has 0 unspecified atom stereocenters. The number of carboxylic acid groups (broad SMARTS) is 1. The smallest absolute Gasteiger partial charge is 0.407 e. The average molecular weight is 442 g/mol. The first-order chi connectivity index (χ1) is 16.1. The number of aryl methyl sites for hydroxylation is 1. The van der Waals surface area contributed by atoms with Gasteiger partial charge in [-0.1, -0.05) is 66.7 Å². The minimum absolute atomic E-state index is 0.0624. The van der Waals surface area contributed by atoms with Crippen LogP contribution in [0.15, 0.2) is 66.7 Å². The minimum atomic E-state index is -1.06. The second-order valence-corrected chi connectivity index (χ2v) is 8.83. The molecule has 0 saturated carbocycles. The van der Waals surface area contributed by atoms with E-state index in [4.69, 9.17) is 4.74 Å². The molecule has 5 nitrogen and oxygen atoms in total. The van der Waals surface area contributed by atoms with Gasteiger partial charge in [-0.25, -0.2) is 9.59 Å². The van der Waals surface area contributed by atoms with E-state index < -0.39 is 18.1 Å². The zero-order valence-corrected chi connectivity index (χ0v) is 18.4. The van der Waals surface area contributed by atoms with E-state index >= 15 is 0 Å². The van der Waals surface area contributed by atoms with Crippen LogP contribution in [0.4, 0.5) is 4.79 Å². The van der Waals surface area contributed by atoms with Crippen molar-refractivity contribution in [3.05, 3.63) is 94.5 Å². The van der Waals surface area contributed by atoms with Crippen LogP contribution in [0.5, 0.6) is 0 Å². The molecule has 5 rings (SSSR count). The monoisotopic (exact) mass is 441 g/mol. The second-order valence-electron chi connectivity index (χ2n) is 8.83. The molecule has 1 atom stereocenters. The van der Waals surface area contributed by atoms with Gasteiger partial charge in [-0.2, -0.15) is 0 Å². The van der Waals surface area contributed by atoms with Crippen LogP contribution in [0.2, 0.25) is 0 Å². The van der Waals surface area contributed by atoms with Gasteiger partial charge in [0, 0.05) is 12.3 Å². The van der Waals surface area contributed by atoms with E-state index in [0.29, 0.717) is 0 Å². The molecule has 0 heterocycles. The molecule has 5 heteroatoms. The summed E-state index contributed by atoms with van der Waals surface area (Å²) in [4.78, 5) is 24.5. The number of carboxylic acids is 1. The number of alkyl carbamates (subject to hydrolysis) is 1. The van der Waals surface area contributed by atoms with E-state index in [9.17, 15) is 14.7 Å². The molecule has 0 aliphatic heterocycles. The van der Waals surface area contributed by atoms with Crippen LogP contribution in [0.25, 0.3) is 11.1 Å². The first-order valence-corrected chi connectivity index (χ1v) is 11.6. The lowest BCUT2D eigenvalue weighted by Gasteiger charge is -2.22. The molecule has 0 spiro atoms. The lowest BCUT2D eigenvalue weighted by atomic mass is 9.86. The normalized spacial score (nSPS) is 15.2. The first kappa shape index (κ1) is 21.3. The lowest BCUT2D eigenvalue weighted by Crippen LogP contribution is -2.43. The first-order valence-electron chi connectivity index (χ1n) is 11.6. The summed E-state index contributed by atoms with van der Waals surface area (Å²) < 4.78 is 5.56. The van der Waals surface area contributed by atoms with Gasteiger partial charge in [0.05, 0.1) is 0 Å². The van der Waals surface area contributed by atoms with Gasteiger partial charge in [0.15, 0.2) is 0 Å². The van der Waals surface area contributed by atoms with Gasteiger partial charge in [0.2, 0.25) is 0 Å². The van der Waals surface area contributed by atoms with Crippen molar-refractivity contribution in [2.45, 2.75) is 44.1 Å². The highest BCUT2D eigenvalue weighted by molar-refractivity contribution is 5.81. The highest BCUT2D eigenvalue weighted by Crippen LogP contribution is 2.44. The Morgan fingerprint density at radius 3 is 2.27 bits per heavy atom. The third-order valence-corrected chi connectivity index (χ3v) is 6.85. The van der Waals surface area contributed by atoms with E-state index in [2.05, 4.69) is 35.6 Å². The fourth-order valence-electron chi connectivity index (χ4n) is 5.25. The molecule has 0 bridgehead atoms. The van der Waals surface area contributed by atoms with Crippen LogP contribution in [0.3, 0.4) is 0 Å². The summed E-state index contributed by atoms with van der Waals surface area (Å²) in [5, 5.41) is 12.3. The van der Waals surface area contributed by atoms with Gasteiger partial charge in [0.25, 0.3) is 0 Å². The Labute approximate surface area is 193 Å². The molecule has 2 aliphatic rings. The van der Waals surface area contributed by atoms with Gasteiger partial charge in [-0.3, -0.25) is 0 Å². The maximum absolute atomic E-state index is 12.6. The number of ether oxygens (including phenoxy) is 1. The Morgan fingerprint density at radius 1 is 0.909 bits per heavy atom. The molecule has 3 aromatic carbocycles. The average Bonchev–Trinajstić information content (AvgIpc) is 3.16. The number of hydrogen-bond donors (Lipinski definition) is 2. The number of hydrogen-bond acceptors (Lipinski definition) is 3. The molecule has 33 heavy (non-hydrogen) atoms. The zero-order valence-electron chi connectivity index (χ0n) is 18.4. The predicted octanol–water partition coefficient (Wildman–Crippen LogP) is 5.10. The van der Waals surface area contributed by atoms with E-state index in [1.807, 2.05) is 36.4 Å². The fourth-order valence-corrected chi connectivity index (χ4v) is 5.25. The summed E-state index contributed by atoms with van der Waals surface area (Å²) in [7, 11) is 0. The number of carbonyl (C=O) groups excluding carboxylic acids is 1. The van der Waals surface area contributed by atoms with Crippen molar-refractivity contribution in [3.8, 4) is 11.1 Å². The maximum Gasteiger partial charge on any atom is 0.407 e. The van der Waals surface area contributed by atoms with Crippen molar-refractivity contribution in [2.75, 3.05) is 6.61 Å². The standard InChI is InChI=1S/C28H27NO4/c30-27(31)26(16-19-10-7-9-18-8-1-2-11-20(18)19)29-28(32)33-17-25-23-14-5-3-12-21(23)22-13-4-6-15-24(22)25/h3-7,9-10,12-15,25-26H,1-2,8,11,16-17H2,(H,29,32)(H,30,31)/t26-/m0/s1. The number of amides is 1. The van der Waals surface area contributed by atoms with E-state index in [0.717, 1.165) is 53.5 Å². The van der Waals surface area contributed by atoms with Gasteiger partial charge < -0.3 is 15.2 Å². The minimum Gasteiger partial charge on any atom is -0.480 e. The maximum atomic E-state index is 12.6. The largest absolute Gasteiger partial charge is 0.480 e. The van der Waals surface area contributed by atoms with Crippen molar-refractivity contribution in [3.63, 3.8) is 0 Å². The van der Waals surface area contributed by atoms with Crippen molar-refractivity contribution in [1.82, 2.24) is 5.32 Å². The summed E-state index contributed by atoms with van der Waals surface area (Å²) in [5.74, 6) is -1.12. The highest BCUT2D eigenvalue weighted by atomic mass is 16.5. The molecule has 0 fully saturated rings. The van der Waals surface area contributed by atoms with Crippen LogP contribution in [0.1, 0.15) is 46.6 Å². The Balaban J connectivity index is 1.27. The summed E-state index contributed by atoms with van der Waals surface area (Å²) >= 11 is 0. The summed E-state index contributed by atoms with van der Waals surface area (Å²) in [6.07, 6.45) is 3.82. The van der Waals surface area contributed by atoms with Crippen LogP contribution in [-0.4, -0.2) is 29.8 Å². The van der Waals surface area contributed by atoms with E-state index in [-0.39, 0.29) is 18.9 Å². The molecule has 0 radical (unpaired) electrons. The van der Waals surface area contributed by atoms with Gasteiger partial charge in [0.1, 0.15) is 12.6 Å². The SMILES string of the molecule is O=C(N[C@@H](Cc1cccc2c1CCCC2)C(=O)O)OCC1c2ccccc2-c2ccccc21. The van der Waals surface area contributed by atoms with Crippen LogP contribution >= 0.6 is 0 Å². The number of benzene rings is 3. The third kappa shape index (κ3) is 4.23. The van der Waals surface area contributed by atoms with Crippen molar-refractivity contribution < 1.29 is 19.4 Å². The van der Waals surface area contributed by atoms with Crippen LogP contribution < -0.4 is 5.32 Å². The Morgan fingerprint density at radius 2 is 1.58 bits per heavy atom. The number of aliphatic carboxylic acids is 1. The van der Waals surface area contributed by atoms with Gasteiger partial charge >= 0.3 is 12.1 Å².